The highest BCUT2D eigenvalue weighted by Gasteiger charge is 2.32. The van der Waals surface area contributed by atoms with Gasteiger partial charge in [-0.3, -0.25) is 4.79 Å². The number of carboxylic acid groups (broad SMARTS) is 1. The number of aromatic nitrogens is 3. The molecule has 1 saturated heterocycles. The Hall–Kier alpha value is -2.18. The Morgan fingerprint density at radius 3 is 2.81 bits per heavy atom. The molecule has 2 heterocycles. The summed E-state index contributed by atoms with van der Waals surface area (Å²) in [6, 6.07) is 0.0219. The predicted octanol–water partition coefficient (Wildman–Crippen LogP) is 1.11. The molecule has 7 nitrogen and oxygen atoms in total. The van der Waals surface area contributed by atoms with Crippen molar-refractivity contribution in [2.24, 2.45) is 5.92 Å². The second-order valence-corrected chi connectivity index (χ2v) is 5.60. The van der Waals surface area contributed by atoms with Gasteiger partial charge in [-0.05, 0) is 25.7 Å². The fourth-order valence-corrected chi connectivity index (χ4v) is 2.99. The van der Waals surface area contributed by atoms with Crippen molar-refractivity contribution in [3.05, 3.63) is 24.0 Å². The first-order valence-corrected chi connectivity index (χ1v) is 7.24. The quantitative estimate of drug-likeness (QED) is 0.842. The topological polar surface area (TPSA) is 88.3 Å². The standard InChI is InChI=1S/C14H18N4O3/c19-13(10-4-2-1-3-5-10)17-7-6-11(8-17)18-9-12(14(20)21)15-16-18/h1-2,9-11H,3-8H2,(H,20,21). The van der Waals surface area contributed by atoms with E-state index in [1.165, 1.54) is 6.20 Å². The third kappa shape index (κ3) is 2.81. The van der Waals surface area contributed by atoms with Crippen LogP contribution in [0, 0.1) is 5.92 Å². The number of carbonyl (C=O) groups is 2. The summed E-state index contributed by atoms with van der Waals surface area (Å²) < 4.78 is 1.57. The average molecular weight is 290 g/mol. The van der Waals surface area contributed by atoms with Crippen LogP contribution in [0.4, 0.5) is 0 Å². The van der Waals surface area contributed by atoms with Crippen molar-refractivity contribution in [1.82, 2.24) is 19.9 Å². The van der Waals surface area contributed by atoms with E-state index in [1.54, 1.807) is 4.68 Å². The van der Waals surface area contributed by atoms with E-state index in [2.05, 4.69) is 22.5 Å². The fourth-order valence-electron chi connectivity index (χ4n) is 2.99. The van der Waals surface area contributed by atoms with E-state index >= 15 is 0 Å². The van der Waals surface area contributed by atoms with Crippen molar-refractivity contribution in [2.75, 3.05) is 13.1 Å². The molecular weight excluding hydrogens is 272 g/mol. The molecule has 2 atom stereocenters. The van der Waals surface area contributed by atoms with Gasteiger partial charge in [0.1, 0.15) is 0 Å². The van der Waals surface area contributed by atoms with Crippen molar-refractivity contribution >= 4 is 11.9 Å². The lowest BCUT2D eigenvalue weighted by Gasteiger charge is -2.24. The minimum absolute atomic E-state index is 0.0219. The largest absolute Gasteiger partial charge is 0.476 e. The van der Waals surface area contributed by atoms with Gasteiger partial charge in [0.25, 0.3) is 0 Å². The van der Waals surface area contributed by atoms with Crippen LogP contribution in [0.5, 0.6) is 0 Å². The van der Waals surface area contributed by atoms with Crippen molar-refractivity contribution in [2.45, 2.75) is 31.7 Å². The fraction of sp³-hybridized carbons (Fsp3) is 0.571. The lowest BCUT2D eigenvalue weighted by molar-refractivity contribution is -0.134. The van der Waals surface area contributed by atoms with Gasteiger partial charge >= 0.3 is 5.97 Å². The Bertz CT molecular complexity index is 581. The first-order chi connectivity index (χ1) is 10.1. The normalized spacial score (nSPS) is 25.2. The molecule has 0 radical (unpaired) electrons. The van der Waals surface area contributed by atoms with Crippen LogP contribution in [0.1, 0.15) is 42.2 Å². The SMILES string of the molecule is O=C(O)c1cn(C2CCN(C(=O)C3CC=CCC3)C2)nn1. The van der Waals surface area contributed by atoms with Gasteiger partial charge < -0.3 is 10.0 Å². The Balaban J connectivity index is 1.63. The second kappa shape index (κ2) is 5.67. The monoisotopic (exact) mass is 290 g/mol. The molecule has 1 aliphatic heterocycles. The Kier molecular flexibility index (Phi) is 3.72. The van der Waals surface area contributed by atoms with Crippen molar-refractivity contribution in [3.63, 3.8) is 0 Å². The minimum Gasteiger partial charge on any atom is -0.476 e. The van der Waals surface area contributed by atoms with Gasteiger partial charge in [0.2, 0.25) is 5.91 Å². The van der Waals surface area contributed by atoms with Crippen molar-refractivity contribution < 1.29 is 14.7 Å². The molecule has 1 aromatic rings. The molecule has 0 spiro atoms. The van der Waals surface area contributed by atoms with E-state index in [9.17, 15) is 9.59 Å². The number of allylic oxidation sites excluding steroid dienone is 2. The summed E-state index contributed by atoms with van der Waals surface area (Å²) in [4.78, 5) is 25.1. The van der Waals surface area contributed by atoms with Gasteiger partial charge in [-0.25, -0.2) is 9.48 Å². The zero-order valence-electron chi connectivity index (χ0n) is 11.7. The third-order valence-corrected chi connectivity index (χ3v) is 4.20. The minimum atomic E-state index is -1.08. The molecule has 1 aliphatic carbocycles. The third-order valence-electron chi connectivity index (χ3n) is 4.20. The Morgan fingerprint density at radius 1 is 1.29 bits per heavy atom. The van der Waals surface area contributed by atoms with Crippen LogP contribution in [0.2, 0.25) is 0 Å². The van der Waals surface area contributed by atoms with Crippen LogP contribution >= 0.6 is 0 Å². The molecule has 0 aromatic carbocycles. The summed E-state index contributed by atoms with van der Waals surface area (Å²) in [5, 5.41) is 16.3. The van der Waals surface area contributed by atoms with E-state index in [-0.39, 0.29) is 23.6 Å². The molecule has 21 heavy (non-hydrogen) atoms. The van der Waals surface area contributed by atoms with Crippen LogP contribution in [0.15, 0.2) is 18.3 Å². The van der Waals surface area contributed by atoms with Gasteiger partial charge in [0.05, 0.1) is 12.2 Å². The van der Waals surface area contributed by atoms with Gasteiger partial charge in [-0.15, -0.1) is 5.10 Å². The molecular formula is C14H18N4O3. The molecule has 2 aliphatic rings. The highest BCUT2D eigenvalue weighted by Crippen LogP contribution is 2.26. The molecule has 0 saturated carbocycles. The molecule has 2 unspecified atom stereocenters. The number of hydrogen-bond acceptors (Lipinski definition) is 4. The smallest absolute Gasteiger partial charge is 0.358 e. The van der Waals surface area contributed by atoms with Gasteiger partial charge in [-0.2, -0.15) is 0 Å². The van der Waals surface area contributed by atoms with Crippen LogP contribution in [-0.2, 0) is 4.79 Å². The van der Waals surface area contributed by atoms with Crippen LogP contribution in [-0.4, -0.2) is 50.0 Å². The summed E-state index contributed by atoms with van der Waals surface area (Å²) in [6.07, 6.45) is 9.14. The van der Waals surface area contributed by atoms with E-state index in [0.29, 0.717) is 13.1 Å². The van der Waals surface area contributed by atoms with Gasteiger partial charge in [-0.1, -0.05) is 17.4 Å². The van der Waals surface area contributed by atoms with Crippen LogP contribution in [0.3, 0.4) is 0 Å². The van der Waals surface area contributed by atoms with Crippen LogP contribution < -0.4 is 0 Å². The molecule has 0 bridgehead atoms. The first kappa shape index (κ1) is 13.8. The summed E-state index contributed by atoms with van der Waals surface area (Å²) in [6.45, 7) is 1.29. The highest BCUT2D eigenvalue weighted by atomic mass is 16.4. The van der Waals surface area contributed by atoms with E-state index in [4.69, 9.17) is 5.11 Å². The summed E-state index contributed by atoms with van der Waals surface area (Å²) >= 11 is 0. The zero-order chi connectivity index (χ0) is 14.8. The molecule has 1 aromatic heterocycles. The number of hydrogen-bond donors (Lipinski definition) is 1. The van der Waals surface area contributed by atoms with E-state index in [1.807, 2.05) is 4.90 Å². The number of nitrogens with zero attached hydrogens (tertiary/aromatic N) is 4. The molecule has 7 heteroatoms. The van der Waals surface area contributed by atoms with E-state index in [0.717, 1.165) is 25.7 Å². The Labute approximate surface area is 122 Å². The maximum atomic E-state index is 12.4. The van der Waals surface area contributed by atoms with Crippen LogP contribution in [0.25, 0.3) is 0 Å². The molecule has 3 rings (SSSR count). The van der Waals surface area contributed by atoms with Crippen molar-refractivity contribution in [1.29, 1.82) is 0 Å². The van der Waals surface area contributed by atoms with E-state index < -0.39 is 5.97 Å². The molecule has 112 valence electrons. The Morgan fingerprint density at radius 2 is 2.14 bits per heavy atom. The number of carbonyl (C=O) groups excluding carboxylic acids is 1. The number of carboxylic acids is 1. The number of likely N-dealkylation sites (tertiary alicyclic amines) is 1. The molecule has 1 fully saturated rings. The molecule has 1 N–H and O–H groups in total. The predicted molar refractivity (Wildman–Crippen MR) is 73.7 cm³/mol. The maximum absolute atomic E-state index is 12.4. The number of rotatable bonds is 3. The summed E-state index contributed by atoms with van der Waals surface area (Å²) in [5.74, 6) is -0.777. The zero-order valence-corrected chi connectivity index (χ0v) is 11.7. The summed E-state index contributed by atoms with van der Waals surface area (Å²) in [5.41, 5.74) is -0.0582. The number of amides is 1. The average Bonchev–Trinajstić information content (AvgIpc) is 3.16. The second-order valence-electron chi connectivity index (χ2n) is 5.60. The lowest BCUT2D eigenvalue weighted by Crippen LogP contribution is -2.35. The van der Waals surface area contributed by atoms with Crippen molar-refractivity contribution in [3.8, 4) is 0 Å². The maximum Gasteiger partial charge on any atom is 0.358 e. The lowest BCUT2D eigenvalue weighted by atomic mass is 9.93. The van der Waals surface area contributed by atoms with Gasteiger partial charge in [0.15, 0.2) is 5.69 Å². The highest BCUT2D eigenvalue weighted by molar-refractivity contribution is 5.84. The van der Waals surface area contributed by atoms with Gasteiger partial charge in [0, 0.05) is 19.0 Å². The summed E-state index contributed by atoms with van der Waals surface area (Å²) in [7, 11) is 0. The number of aromatic carboxylic acids is 1. The first-order valence-electron chi connectivity index (χ1n) is 7.24. The molecule has 1 amide bonds.